The van der Waals surface area contributed by atoms with E-state index in [1.165, 1.54) is 6.42 Å². The number of anilines is 1. The van der Waals surface area contributed by atoms with Crippen LogP contribution in [0.25, 0.3) is 10.9 Å². The van der Waals surface area contributed by atoms with E-state index in [2.05, 4.69) is 22.4 Å². The van der Waals surface area contributed by atoms with E-state index >= 15 is 0 Å². The van der Waals surface area contributed by atoms with Crippen molar-refractivity contribution in [2.24, 2.45) is 5.41 Å². The van der Waals surface area contributed by atoms with Gasteiger partial charge in [0, 0.05) is 17.9 Å². The lowest BCUT2D eigenvalue weighted by atomic mass is 9.70. The molecular formula is C23H27N3O2. The van der Waals surface area contributed by atoms with E-state index in [1.54, 1.807) is 6.20 Å². The van der Waals surface area contributed by atoms with Gasteiger partial charge in [0.25, 0.3) is 0 Å². The number of nitrogens with one attached hydrogen (secondary N) is 1. The van der Waals surface area contributed by atoms with Gasteiger partial charge in [-0.1, -0.05) is 56.0 Å². The van der Waals surface area contributed by atoms with Crippen LogP contribution in [0.15, 0.2) is 47.1 Å². The molecule has 1 aliphatic rings. The minimum Gasteiger partial charge on any atom is -0.361 e. The highest BCUT2D eigenvalue weighted by molar-refractivity contribution is 5.97. The van der Waals surface area contributed by atoms with Gasteiger partial charge in [-0.15, -0.1) is 0 Å². The molecule has 146 valence electrons. The van der Waals surface area contributed by atoms with E-state index < -0.39 is 5.41 Å². The van der Waals surface area contributed by atoms with Crippen LogP contribution in [0.3, 0.4) is 0 Å². The van der Waals surface area contributed by atoms with Crippen molar-refractivity contribution >= 4 is 22.5 Å². The van der Waals surface area contributed by atoms with Crippen LogP contribution in [-0.2, 0) is 17.6 Å². The molecule has 0 aliphatic heterocycles. The van der Waals surface area contributed by atoms with Gasteiger partial charge in [0.05, 0.1) is 28.5 Å². The Bertz CT molecular complexity index is 957. The molecule has 5 heteroatoms. The fraction of sp³-hybridized carbons (Fsp3) is 0.435. The van der Waals surface area contributed by atoms with Crippen LogP contribution < -0.4 is 5.32 Å². The first kappa shape index (κ1) is 18.7. The summed E-state index contributed by atoms with van der Waals surface area (Å²) >= 11 is 0. The lowest BCUT2D eigenvalue weighted by Gasteiger charge is -2.35. The van der Waals surface area contributed by atoms with Gasteiger partial charge in [0.15, 0.2) is 0 Å². The van der Waals surface area contributed by atoms with E-state index in [1.807, 2.05) is 36.4 Å². The van der Waals surface area contributed by atoms with Crippen LogP contribution in [0.4, 0.5) is 5.69 Å². The number of nitrogens with zero attached hydrogens (tertiary/aromatic N) is 2. The number of carbonyl (C=O) groups excluding carboxylic acids is 1. The van der Waals surface area contributed by atoms with Gasteiger partial charge >= 0.3 is 0 Å². The van der Waals surface area contributed by atoms with E-state index in [9.17, 15) is 4.79 Å². The van der Waals surface area contributed by atoms with Crippen LogP contribution in [0, 0.1) is 5.41 Å². The van der Waals surface area contributed by atoms with E-state index in [0.717, 1.165) is 66.6 Å². The molecular weight excluding hydrogens is 350 g/mol. The van der Waals surface area contributed by atoms with Gasteiger partial charge in [-0.05, 0) is 31.4 Å². The third-order valence-corrected chi connectivity index (χ3v) is 5.77. The Morgan fingerprint density at radius 1 is 1.18 bits per heavy atom. The highest BCUT2D eigenvalue weighted by Crippen LogP contribution is 2.40. The molecule has 0 spiro atoms. The molecule has 28 heavy (non-hydrogen) atoms. The summed E-state index contributed by atoms with van der Waals surface area (Å²) in [5.74, 6) is 0.884. The summed E-state index contributed by atoms with van der Waals surface area (Å²) in [6, 6.07) is 11.9. The van der Waals surface area contributed by atoms with Crippen LogP contribution in [0.5, 0.6) is 0 Å². The molecule has 1 fully saturated rings. The number of pyridine rings is 1. The predicted octanol–water partition coefficient (Wildman–Crippen LogP) is 5.31. The molecule has 0 atom stereocenters. The summed E-state index contributed by atoms with van der Waals surface area (Å²) in [5.41, 5.74) is 2.21. The maximum Gasteiger partial charge on any atom is 0.231 e. The molecule has 0 bridgehead atoms. The molecule has 1 N–H and O–H groups in total. The van der Waals surface area contributed by atoms with Gasteiger partial charge < -0.3 is 9.84 Å². The fourth-order valence-electron chi connectivity index (χ4n) is 4.26. The summed E-state index contributed by atoms with van der Waals surface area (Å²) in [7, 11) is 0. The molecule has 3 aromatic rings. The number of carbonyl (C=O) groups is 1. The average molecular weight is 377 g/mol. The molecule has 1 aromatic carbocycles. The molecule has 1 saturated carbocycles. The second-order valence-electron chi connectivity index (χ2n) is 7.92. The zero-order valence-electron chi connectivity index (χ0n) is 16.4. The van der Waals surface area contributed by atoms with Crippen molar-refractivity contribution in [2.75, 3.05) is 5.32 Å². The summed E-state index contributed by atoms with van der Waals surface area (Å²) in [6.45, 7) is 2.13. The maximum atomic E-state index is 13.4. The number of hydrogen-bond donors (Lipinski definition) is 1. The zero-order chi connectivity index (χ0) is 19.4. The van der Waals surface area contributed by atoms with Crippen molar-refractivity contribution in [3.05, 3.63) is 54.0 Å². The Labute approximate surface area is 165 Å². The number of benzene rings is 1. The van der Waals surface area contributed by atoms with Crippen LogP contribution in [0.1, 0.15) is 56.9 Å². The van der Waals surface area contributed by atoms with Crippen LogP contribution >= 0.6 is 0 Å². The Hall–Kier alpha value is -2.69. The zero-order valence-corrected chi connectivity index (χ0v) is 16.4. The quantitative estimate of drug-likeness (QED) is 0.632. The van der Waals surface area contributed by atoms with Crippen molar-refractivity contribution in [3.8, 4) is 0 Å². The molecule has 2 heterocycles. The van der Waals surface area contributed by atoms with Crippen LogP contribution in [0.2, 0.25) is 0 Å². The SMILES string of the molecule is CCCc1cc(CC2(C(=O)Nc3cnc4ccccc4c3)CCCCC2)on1. The van der Waals surface area contributed by atoms with Crippen molar-refractivity contribution in [3.63, 3.8) is 0 Å². The Kier molecular flexibility index (Phi) is 5.42. The van der Waals surface area contributed by atoms with Crippen LogP contribution in [-0.4, -0.2) is 16.0 Å². The number of rotatable bonds is 6. The second kappa shape index (κ2) is 8.13. The third-order valence-electron chi connectivity index (χ3n) is 5.77. The van der Waals surface area contributed by atoms with Crippen molar-refractivity contribution < 1.29 is 9.32 Å². The van der Waals surface area contributed by atoms with Crippen molar-refractivity contribution in [1.29, 1.82) is 0 Å². The smallest absolute Gasteiger partial charge is 0.231 e. The van der Waals surface area contributed by atoms with E-state index in [0.29, 0.717) is 6.42 Å². The first-order chi connectivity index (χ1) is 13.7. The molecule has 1 aliphatic carbocycles. The maximum absolute atomic E-state index is 13.4. The highest BCUT2D eigenvalue weighted by atomic mass is 16.5. The lowest BCUT2D eigenvalue weighted by Crippen LogP contribution is -2.39. The number of hydrogen-bond acceptors (Lipinski definition) is 4. The first-order valence-electron chi connectivity index (χ1n) is 10.3. The molecule has 1 amide bonds. The van der Waals surface area contributed by atoms with Gasteiger partial charge in [-0.2, -0.15) is 0 Å². The largest absolute Gasteiger partial charge is 0.361 e. The number of fused-ring (bicyclic) bond motifs is 1. The summed E-state index contributed by atoms with van der Waals surface area (Å²) in [5, 5.41) is 8.32. The minimum atomic E-state index is -0.438. The summed E-state index contributed by atoms with van der Waals surface area (Å²) < 4.78 is 5.56. The summed E-state index contributed by atoms with van der Waals surface area (Å²) in [4.78, 5) is 17.8. The Balaban J connectivity index is 1.55. The Morgan fingerprint density at radius 3 is 2.82 bits per heavy atom. The average Bonchev–Trinajstić information content (AvgIpc) is 3.15. The van der Waals surface area contributed by atoms with E-state index in [-0.39, 0.29) is 5.91 Å². The Morgan fingerprint density at radius 2 is 2.00 bits per heavy atom. The van der Waals surface area contributed by atoms with Gasteiger partial charge in [-0.25, -0.2) is 0 Å². The molecule has 0 radical (unpaired) electrons. The topological polar surface area (TPSA) is 68.0 Å². The van der Waals surface area contributed by atoms with E-state index in [4.69, 9.17) is 4.52 Å². The summed E-state index contributed by atoms with van der Waals surface area (Å²) in [6.07, 6.45) is 9.37. The van der Waals surface area contributed by atoms with Gasteiger partial charge in [0.2, 0.25) is 5.91 Å². The van der Waals surface area contributed by atoms with Crippen molar-refractivity contribution in [1.82, 2.24) is 10.1 Å². The molecule has 4 rings (SSSR count). The number of para-hydroxylation sites is 1. The minimum absolute atomic E-state index is 0.0673. The molecule has 2 aromatic heterocycles. The lowest BCUT2D eigenvalue weighted by molar-refractivity contribution is -0.127. The van der Waals surface area contributed by atoms with Gasteiger partial charge in [-0.3, -0.25) is 9.78 Å². The predicted molar refractivity (Wildman–Crippen MR) is 110 cm³/mol. The normalized spacial score (nSPS) is 16.2. The van der Waals surface area contributed by atoms with Crippen molar-refractivity contribution in [2.45, 2.75) is 58.3 Å². The highest BCUT2D eigenvalue weighted by Gasteiger charge is 2.40. The molecule has 0 saturated heterocycles. The van der Waals surface area contributed by atoms with Gasteiger partial charge in [0.1, 0.15) is 5.76 Å². The second-order valence-corrected chi connectivity index (χ2v) is 7.92. The third kappa shape index (κ3) is 3.93. The molecule has 0 unspecified atom stereocenters. The fourth-order valence-corrected chi connectivity index (χ4v) is 4.26. The number of aromatic nitrogens is 2. The first-order valence-corrected chi connectivity index (χ1v) is 10.3. The standard InChI is InChI=1S/C23H27N3O2/c1-2-8-18-14-20(28-26-18)15-23(11-6-3-7-12-23)22(27)25-19-13-17-9-4-5-10-21(17)24-16-19/h4-5,9-10,13-14,16H,2-3,6-8,11-12,15H2,1H3,(H,25,27). The molecule has 5 nitrogen and oxygen atoms in total. The monoisotopic (exact) mass is 377 g/mol. The number of aryl methyl sites for hydroxylation is 1. The number of amides is 1.